The van der Waals surface area contributed by atoms with Crippen molar-refractivity contribution in [1.29, 1.82) is 0 Å². The second-order valence-electron chi connectivity index (χ2n) is 5.33. The van der Waals surface area contributed by atoms with Crippen LogP contribution >= 0.6 is 0 Å². The average Bonchev–Trinajstić information content (AvgIpc) is 2.36. The number of hydrogen-bond acceptors (Lipinski definition) is 2. The van der Waals surface area contributed by atoms with Crippen molar-refractivity contribution in [2.75, 3.05) is 13.2 Å². The van der Waals surface area contributed by atoms with E-state index in [9.17, 15) is 0 Å². The molecule has 0 saturated carbocycles. The van der Waals surface area contributed by atoms with Gasteiger partial charge in [0.05, 0.1) is 6.10 Å². The quantitative estimate of drug-likeness (QED) is 0.618. The van der Waals surface area contributed by atoms with Gasteiger partial charge in [0.2, 0.25) is 0 Å². The van der Waals surface area contributed by atoms with Crippen LogP contribution in [-0.4, -0.2) is 25.3 Å². The Hall–Kier alpha value is -0.0800. The van der Waals surface area contributed by atoms with Crippen LogP contribution in [0, 0.1) is 0 Å². The van der Waals surface area contributed by atoms with Gasteiger partial charge in [-0.15, -0.1) is 0 Å². The Balaban J connectivity index is 2.16. The maximum absolute atomic E-state index is 5.84. The molecule has 2 unspecified atom stereocenters. The first-order valence-electron chi connectivity index (χ1n) is 7.71. The molecule has 1 aliphatic heterocycles. The first kappa shape index (κ1) is 15.0. The van der Waals surface area contributed by atoms with Crippen LogP contribution in [0.5, 0.6) is 0 Å². The number of nitrogens with one attached hydrogen (secondary N) is 1. The van der Waals surface area contributed by atoms with Gasteiger partial charge in [-0.25, -0.2) is 0 Å². The molecule has 1 heterocycles. The summed E-state index contributed by atoms with van der Waals surface area (Å²) in [5, 5.41) is 3.63. The van der Waals surface area contributed by atoms with Crippen molar-refractivity contribution >= 4 is 0 Å². The first-order chi connectivity index (χ1) is 8.36. The van der Waals surface area contributed by atoms with E-state index in [1.54, 1.807) is 0 Å². The van der Waals surface area contributed by atoms with Gasteiger partial charge in [0.1, 0.15) is 0 Å². The summed E-state index contributed by atoms with van der Waals surface area (Å²) >= 11 is 0. The van der Waals surface area contributed by atoms with Gasteiger partial charge in [-0.1, -0.05) is 39.5 Å². The van der Waals surface area contributed by atoms with E-state index in [1.807, 2.05) is 0 Å². The zero-order chi connectivity index (χ0) is 12.3. The molecule has 1 N–H and O–H groups in total. The lowest BCUT2D eigenvalue weighted by atomic mass is 9.97. The lowest BCUT2D eigenvalue weighted by Gasteiger charge is -2.27. The molecule has 0 radical (unpaired) electrons. The van der Waals surface area contributed by atoms with Gasteiger partial charge in [-0.05, 0) is 38.6 Å². The standard InChI is InChI=1S/C15H31NO/c1-3-5-6-7-10-14(16-4-2)13-15-11-8-9-12-17-15/h14-16H,3-13H2,1-2H3. The van der Waals surface area contributed by atoms with Crippen LogP contribution < -0.4 is 5.32 Å². The van der Waals surface area contributed by atoms with Crippen molar-refractivity contribution in [3.63, 3.8) is 0 Å². The molecule has 0 bridgehead atoms. The third kappa shape index (κ3) is 7.05. The lowest BCUT2D eigenvalue weighted by molar-refractivity contribution is 0.00467. The molecule has 1 fully saturated rings. The van der Waals surface area contributed by atoms with Gasteiger partial charge in [0, 0.05) is 12.6 Å². The summed E-state index contributed by atoms with van der Waals surface area (Å²) in [6.45, 7) is 6.56. The van der Waals surface area contributed by atoms with Crippen LogP contribution in [0.4, 0.5) is 0 Å². The molecule has 1 saturated heterocycles. The molecule has 17 heavy (non-hydrogen) atoms. The minimum atomic E-state index is 0.527. The summed E-state index contributed by atoms with van der Waals surface area (Å²) in [6, 6.07) is 0.681. The molecule has 0 spiro atoms. The van der Waals surface area contributed by atoms with Crippen molar-refractivity contribution in [3.05, 3.63) is 0 Å². The Labute approximate surface area is 108 Å². The zero-order valence-corrected chi connectivity index (χ0v) is 11.8. The van der Waals surface area contributed by atoms with E-state index in [0.717, 1.165) is 13.2 Å². The second kappa shape index (κ2) is 9.90. The third-order valence-corrected chi connectivity index (χ3v) is 3.72. The van der Waals surface area contributed by atoms with Crippen LogP contribution in [0.3, 0.4) is 0 Å². The molecule has 102 valence electrons. The summed E-state index contributed by atoms with van der Waals surface area (Å²) in [4.78, 5) is 0. The molecule has 0 aromatic rings. The maximum Gasteiger partial charge on any atom is 0.0590 e. The van der Waals surface area contributed by atoms with Crippen molar-refractivity contribution in [1.82, 2.24) is 5.32 Å². The highest BCUT2D eigenvalue weighted by Gasteiger charge is 2.18. The van der Waals surface area contributed by atoms with E-state index in [0.29, 0.717) is 12.1 Å². The molecular weight excluding hydrogens is 210 g/mol. The van der Waals surface area contributed by atoms with Crippen molar-refractivity contribution in [3.8, 4) is 0 Å². The summed E-state index contributed by atoms with van der Waals surface area (Å²) in [6.07, 6.45) is 12.5. The topological polar surface area (TPSA) is 21.3 Å². The maximum atomic E-state index is 5.84. The molecule has 2 atom stereocenters. The van der Waals surface area contributed by atoms with Crippen molar-refractivity contribution < 1.29 is 4.74 Å². The van der Waals surface area contributed by atoms with E-state index >= 15 is 0 Å². The largest absolute Gasteiger partial charge is 0.378 e. The number of rotatable bonds is 9. The molecule has 1 rings (SSSR count). The molecule has 0 amide bonds. The van der Waals surface area contributed by atoms with Crippen LogP contribution in [-0.2, 0) is 4.74 Å². The summed E-state index contributed by atoms with van der Waals surface area (Å²) < 4.78 is 5.84. The molecule has 2 heteroatoms. The Morgan fingerprint density at radius 3 is 2.71 bits per heavy atom. The van der Waals surface area contributed by atoms with Gasteiger partial charge in [-0.2, -0.15) is 0 Å². The van der Waals surface area contributed by atoms with Gasteiger partial charge in [0.25, 0.3) is 0 Å². The SMILES string of the molecule is CCCCCCC(CC1CCCCO1)NCC. The Morgan fingerprint density at radius 1 is 1.18 bits per heavy atom. The van der Waals surface area contributed by atoms with E-state index in [4.69, 9.17) is 4.74 Å². The number of ether oxygens (including phenoxy) is 1. The fourth-order valence-corrected chi connectivity index (χ4v) is 2.72. The van der Waals surface area contributed by atoms with Gasteiger partial charge in [-0.3, -0.25) is 0 Å². The van der Waals surface area contributed by atoms with Crippen LogP contribution in [0.25, 0.3) is 0 Å². The Bertz CT molecular complexity index is 166. The Morgan fingerprint density at radius 2 is 2.06 bits per heavy atom. The number of unbranched alkanes of at least 4 members (excludes halogenated alkanes) is 3. The Kier molecular flexibility index (Phi) is 8.72. The van der Waals surface area contributed by atoms with E-state index < -0.39 is 0 Å². The molecule has 0 aromatic heterocycles. The minimum absolute atomic E-state index is 0.527. The average molecular weight is 241 g/mol. The van der Waals surface area contributed by atoms with Crippen LogP contribution in [0.15, 0.2) is 0 Å². The van der Waals surface area contributed by atoms with Crippen molar-refractivity contribution in [2.45, 2.75) is 83.8 Å². The highest BCUT2D eigenvalue weighted by Crippen LogP contribution is 2.19. The van der Waals surface area contributed by atoms with E-state index in [1.165, 1.54) is 57.8 Å². The van der Waals surface area contributed by atoms with Crippen molar-refractivity contribution in [2.24, 2.45) is 0 Å². The zero-order valence-electron chi connectivity index (χ0n) is 11.8. The summed E-state index contributed by atoms with van der Waals surface area (Å²) in [5.41, 5.74) is 0. The van der Waals surface area contributed by atoms with E-state index in [2.05, 4.69) is 19.2 Å². The predicted octanol–water partition coefficient (Wildman–Crippen LogP) is 3.89. The lowest BCUT2D eigenvalue weighted by Crippen LogP contribution is -2.34. The highest BCUT2D eigenvalue weighted by molar-refractivity contribution is 4.74. The summed E-state index contributed by atoms with van der Waals surface area (Å²) in [7, 11) is 0. The number of hydrogen-bond donors (Lipinski definition) is 1. The van der Waals surface area contributed by atoms with Gasteiger partial charge in [0.15, 0.2) is 0 Å². The van der Waals surface area contributed by atoms with E-state index in [-0.39, 0.29) is 0 Å². The second-order valence-corrected chi connectivity index (χ2v) is 5.33. The van der Waals surface area contributed by atoms with Gasteiger partial charge >= 0.3 is 0 Å². The molecule has 0 aromatic carbocycles. The molecule has 0 aliphatic carbocycles. The van der Waals surface area contributed by atoms with Gasteiger partial charge < -0.3 is 10.1 Å². The third-order valence-electron chi connectivity index (χ3n) is 3.72. The first-order valence-corrected chi connectivity index (χ1v) is 7.71. The van der Waals surface area contributed by atoms with Crippen LogP contribution in [0.1, 0.15) is 71.6 Å². The summed E-state index contributed by atoms with van der Waals surface area (Å²) in [5.74, 6) is 0. The molecule has 2 nitrogen and oxygen atoms in total. The highest BCUT2D eigenvalue weighted by atomic mass is 16.5. The fraction of sp³-hybridized carbons (Fsp3) is 1.00. The molecule has 1 aliphatic rings. The fourth-order valence-electron chi connectivity index (χ4n) is 2.72. The smallest absolute Gasteiger partial charge is 0.0590 e. The molecular formula is C15H31NO. The monoisotopic (exact) mass is 241 g/mol. The minimum Gasteiger partial charge on any atom is -0.378 e. The van der Waals surface area contributed by atoms with Crippen LogP contribution in [0.2, 0.25) is 0 Å². The predicted molar refractivity (Wildman–Crippen MR) is 74.4 cm³/mol. The normalized spacial score (nSPS) is 22.6.